The van der Waals surface area contributed by atoms with Crippen molar-refractivity contribution >= 4 is 17.3 Å². The van der Waals surface area contributed by atoms with Crippen molar-refractivity contribution < 1.29 is 9.53 Å². The summed E-state index contributed by atoms with van der Waals surface area (Å²) in [6.07, 6.45) is 1.80. The van der Waals surface area contributed by atoms with Gasteiger partial charge in [-0.3, -0.25) is 15.1 Å². The number of hydrogen-bond acceptors (Lipinski definition) is 5. The quantitative estimate of drug-likeness (QED) is 0.775. The molecule has 84 valence electrons. The summed E-state index contributed by atoms with van der Waals surface area (Å²) in [6.45, 7) is 4.63. The Kier molecular flexibility index (Phi) is 4.71. The zero-order valence-corrected chi connectivity index (χ0v) is 10.0. The molecular formula is C10H16N2O2S. The second-order valence-corrected chi connectivity index (χ2v) is 4.56. The van der Waals surface area contributed by atoms with E-state index in [0.29, 0.717) is 6.54 Å². The third kappa shape index (κ3) is 3.60. The van der Waals surface area contributed by atoms with Gasteiger partial charge in [0.1, 0.15) is 6.04 Å². The lowest BCUT2D eigenvalue weighted by atomic mass is 10.0. The van der Waals surface area contributed by atoms with Crippen LogP contribution in [0.3, 0.4) is 0 Å². The lowest BCUT2D eigenvalue weighted by Gasteiger charge is -2.19. The topological polar surface area (TPSA) is 51.2 Å². The SMILES string of the molecule is COC(=O)C(NCc1cncs1)C(C)C. The molecule has 1 N–H and O–H groups in total. The summed E-state index contributed by atoms with van der Waals surface area (Å²) in [5.74, 6) is -0.000105. The number of nitrogens with one attached hydrogen (secondary N) is 1. The molecule has 0 spiro atoms. The van der Waals surface area contributed by atoms with Crippen molar-refractivity contribution in [1.29, 1.82) is 0 Å². The zero-order valence-electron chi connectivity index (χ0n) is 9.19. The van der Waals surface area contributed by atoms with Gasteiger partial charge in [-0.1, -0.05) is 13.8 Å². The molecule has 0 fully saturated rings. The number of nitrogens with zero attached hydrogens (tertiary/aromatic N) is 1. The first-order valence-electron chi connectivity index (χ1n) is 4.83. The van der Waals surface area contributed by atoms with Gasteiger partial charge in [-0.15, -0.1) is 11.3 Å². The second kappa shape index (κ2) is 5.82. The molecule has 0 aliphatic heterocycles. The van der Waals surface area contributed by atoms with E-state index in [1.807, 2.05) is 13.8 Å². The Morgan fingerprint density at radius 3 is 2.87 bits per heavy atom. The lowest BCUT2D eigenvalue weighted by molar-refractivity contribution is -0.144. The van der Waals surface area contributed by atoms with E-state index in [2.05, 4.69) is 10.3 Å². The molecule has 0 amide bonds. The van der Waals surface area contributed by atoms with E-state index in [1.54, 1.807) is 23.0 Å². The van der Waals surface area contributed by atoms with Crippen LogP contribution < -0.4 is 5.32 Å². The van der Waals surface area contributed by atoms with Crippen LogP contribution in [-0.2, 0) is 16.1 Å². The third-order valence-electron chi connectivity index (χ3n) is 2.10. The van der Waals surface area contributed by atoms with Gasteiger partial charge in [0.2, 0.25) is 0 Å². The van der Waals surface area contributed by atoms with Crippen molar-refractivity contribution in [3.05, 3.63) is 16.6 Å². The molecule has 0 aromatic carbocycles. The maximum Gasteiger partial charge on any atom is 0.323 e. The van der Waals surface area contributed by atoms with Crippen LogP contribution in [0.25, 0.3) is 0 Å². The molecule has 1 atom stereocenters. The standard InChI is InChI=1S/C10H16N2O2S/c1-7(2)9(10(13)14-3)12-5-8-4-11-6-15-8/h4,6-7,9,12H,5H2,1-3H3. The van der Waals surface area contributed by atoms with Crippen molar-refractivity contribution in [1.82, 2.24) is 10.3 Å². The van der Waals surface area contributed by atoms with E-state index in [-0.39, 0.29) is 17.9 Å². The van der Waals surface area contributed by atoms with Crippen LogP contribution in [0, 0.1) is 5.92 Å². The lowest BCUT2D eigenvalue weighted by Crippen LogP contribution is -2.41. The molecule has 5 heteroatoms. The molecule has 0 aliphatic carbocycles. The highest BCUT2D eigenvalue weighted by Gasteiger charge is 2.22. The number of carbonyl (C=O) groups is 1. The number of carbonyl (C=O) groups excluding carboxylic acids is 1. The Labute approximate surface area is 93.7 Å². The van der Waals surface area contributed by atoms with Gasteiger partial charge in [-0.05, 0) is 5.92 Å². The molecule has 1 aromatic rings. The number of hydrogen-bond donors (Lipinski definition) is 1. The van der Waals surface area contributed by atoms with Crippen LogP contribution in [0.5, 0.6) is 0 Å². The average molecular weight is 228 g/mol. The molecule has 0 saturated heterocycles. The summed E-state index contributed by atoms with van der Waals surface area (Å²) in [5, 5.41) is 3.17. The predicted octanol–water partition coefficient (Wildman–Crippen LogP) is 1.43. The van der Waals surface area contributed by atoms with Gasteiger partial charge in [-0.2, -0.15) is 0 Å². The molecule has 1 heterocycles. The average Bonchev–Trinajstić information content (AvgIpc) is 2.70. The van der Waals surface area contributed by atoms with Crippen molar-refractivity contribution in [2.45, 2.75) is 26.4 Å². The fourth-order valence-electron chi connectivity index (χ4n) is 1.26. The molecule has 15 heavy (non-hydrogen) atoms. The fraction of sp³-hybridized carbons (Fsp3) is 0.600. The molecular weight excluding hydrogens is 212 g/mol. The maximum absolute atomic E-state index is 11.4. The van der Waals surface area contributed by atoms with Gasteiger partial charge in [-0.25, -0.2) is 0 Å². The van der Waals surface area contributed by atoms with Crippen molar-refractivity contribution in [3.63, 3.8) is 0 Å². The highest BCUT2D eigenvalue weighted by Crippen LogP contribution is 2.08. The van der Waals surface area contributed by atoms with Crippen LogP contribution in [0.1, 0.15) is 18.7 Å². The number of thiazole rings is 1. The van der Waals surface area contributed by atoms with Gasteiger partial charge in [0, 0.05) is 17.6 Å². The number of esters is 1. The smallest absolute Gasteiger partial charge is 0.323 e. The number of ether oxygens (including phenoxy) is 1. The monoisotopic (exact) mass is 228 g/mol. The summed E-state index contributed by atoms with van der Waals surface area (Å²) >= 11 is 1.57. The van der Waals surface area contributed by atoms with E-state index < -0.39 is 0 Å². The second-order valence-electron chi connectivity index (χ2n) is 3.59. The van der Waals surface area contributed by atoms with E-state index in [1.165, 1.54) is 7.11 Å². The largest absolute Gasteiger partial charge is 0.468 e. The predicted molar refractivity (Wildman–Crippen MR) is 59.6 cm³/mol. The minimum absolute atomic E-state index is 0.213. The minimum Gasteiger partial charge on any atom is -0.468 e. The Balaban J connectivity index is 2.49. The van der Waals surface area contributed by atoms with Gasteiger partial charge in [0.25, 0.3) is 0 Å². The van der Waals surface area contributed by atoms with Crippen LogP contribution in [0.4, 0.5) is 0 Å². The summed E-state index contributed by atoms with van der Waals surface area (Å²) in [6, 6.07) is -0.253. The number of methoxy groups -OCH3 is 1. The van der Waals surface area contributed by atoms with Gasteiger partial charge in [0.05, 0.1) is 12.6 Å². The normalized spacial score (nSPS) is 12.8. The van der Waals surface area contributed by atoms with Crippen LogP contribution in [0.2, 0.25) is 0 Å². The van der Waals surface area contributed by atoms with Crippen molar-refractivity contribution in [2.75, 3.05) is 7.11 Å². The number of rotatable bonds is 5. The molecule has 0 bridgehead atoms. The number of aromatic nitrogens is 1. The summed E-state index contributed by atoms with van der Waals surface area (Å²) in [5.41, 5.74) is 1.78. The Morgan fingerprint density at radius 2 is 2.40 bits per heavy atom. The van der Waals surface area contributed by atoms with E-state index in [4.69, 9.17) is 4.74 Å². The minimum atomic E-state index is -0.253. The van der Waals surface area contributed by atoms with E-state index in [9.17, 15) is 4.79 Å². The van der Waals surface area contributed by atoms with E-state index in [0.717, 1.165) is 4.88 Å². The van der Waals surface area contributed by atoms with Crippen LogP contribution in [0.15, 0.2) is 11.7 Å². The summed E-state index contributed by atoms with van der Waals surface area (Å²) in [7, 11) is 1.41. The Hall–Kier alpha value is -0.940. The molecule has 0 saturated carbocycles. The molecule has 4 nitrogen and oxygen atoms in total. The summed E-state index contributed by atoms with van der Waals surface area (Å²) < 4.78 is 4.73. The first-order chi connectivity index (χ1) is 7.15. The van der Waals surface area contributed by atoms with Gasteiger partial charge >= 0.3 is 5.97 Å². The highest BCUT2D eigenvalue weighted by atomic mass is 32.1. The van der Waals surface area contributed by atoms with Crippen molar-refractivity contribution in [2.24, 2.45) is 5.92 Å². The van der Waals surface area contributed by atoms with Crippen molar-refractivity contribution in [3.8, 4) is 0 Å². The van der Waals surface area contributed by atoms with Crippen LogP contribution in [-0.4, -0.2) is 24.1 Å². The maximum atomic E-state index is 11.4. The molecule has 1 rings (SSSR count). The van der Waals surface area contributed by atoms with Crippen LogP contribution >= 0.6 is 11.3 Å². The highest BCUT2D eigenvalue weighted by molar-refractivity contribution is 7.09. The first-order valence-corrected chi connectivity index (χ1v) is 5.71. The molecule has 0 aliphatic rings. The first kappa shape index (κ1) is 12.1. The molecule has 1 aromatic heterocycles. The summed E-state index contributed by atoms with van der Waals surface area (Å²) in [4.78, 5) is 16.5. The Morgan fingerprint density at radius 1 is 1.67 bits per heavy atom. The Bertz CT molecular complexity index is 298. The molecule has 1 unspecified atom stereocenters. The fourth-order valence-corrected chi connectivity index (χ4v) is 1.80. The van der Waals surface area contributed by atoms with Gasteiger partial charge in [0.15, 0.2) is 0 Å². The van der Waals surface area contributed by atoms with Gasteiger partial charge < -0.3 is 4.74 Å². The third-order valence-corrected chi connectivity index (χ3v) is 2.88. The zero-order chi connectivity index (χ0) is 11.3. The molecule has 0 radical (unpaired) electrons. The van der Waals surface area contributed by atoms with E-state index >= 15 is 0 Å².